The van der Waals surface area contributed by atoms with Gasteiger partial charge in [0.05, 0.1) is 0 Å². The molecular weight excluding hydrogens is 238 g/mol. The van der Waals surface area contributed by atoms with E-state index >= 15 is 0 Å². The number of hydrogen-bond donors (Lipinski definition) is 3. The number of fused-ring (bicyclic) bond motifs is 1. The fraction of sp³-hybridized carbons (Fsp3) is 0.400. The molecule has 0 radical (unpaired) electrons. The third kappa shape index (κ3) is 2.49. The molecule has 4 heteroatoms. The Balaban J connectivity index is 1.79. The van der Waals surface area contributed by atoms with Gasteiger partial charge in [-0.1, -0.05) is 12.1 Å². The predicted molar refractivity (Wildman–Crippen MR) is 76.4 cm³/mol. The summed E-state index contributed by atoms with van der Waals surface area (Å²) in [4.78, 5) is 15.4. The molecule has 4 nitrogen and oxygen atoms in total. The van der Waals surface area contributed by atoms with Gasteiger partial charge in [0, 0.05) is 23.5 Å². The molecule has 1 aliphatic heterocycles. The number of aryl methyl sites for hydroxylation is 1. The number of rotatable bonds is 2. The minimum Gasteiger partial charge on any atom is -0.351 e. The van der Waals surface area contributed by atoms with Crippen molar-refractivity contribution in [3.63, 3.8) is 0 Å². The maximum atomic E-state index is 12.2. The van der Waals surface area contributed by atoms with Crippen LogP contribution >= 0.6 is 0 Å². The maximum absolute atomic E-state index is 12.2. The second-order valence-corrected chi connectivity index (χ2v) is 5.24. The number of hydrogen-bond acceptors (Lipinski definition) is 2. The summed E-state index contributed by atoms with van der Waals surface area (Å²) >= 11 is 0. The lowest BCUT2D eigenvalue weighted by molar-refractivity contribution is 0.0926. The van der Waals surface area contributed by atoms with Crippen LogP contribution in [0.4, 0.5) is 0 Å². The summed E-state index contributed by atoms with van der Waals surface area (Å²) in [5.41, 5.74) is 2.86. The predicted octanol–water partition coefficient (Wildman–Crippen LogP) is 1.96. The molecule has 0 bridgehead atoms. The van der Waals surface area contributed by atoms with Gasteiger partial charge in [0.2, 0.25) is 0 Å². The van der Waals surface area contributed by atoms with Crippen LogP contribution in [0.1, 0.15) is 28.9 Å². The first-order valence-corrected chi connectivity index (χ1v) is 6.84. The number of aromatic amines is 1. The molecule has 2 heterocycles. The topological polar surface area (TPSA) is 56.9 Å². The van der Waals surface area contributed by atoms with E-state index in [4.69, 9.17) is 0 Å². The van der Waals surface area contributed by atoms with E-state index in [2.05, 4.69) is 28.6 Å². The molecule has 0 spiro atoms. The van der Waals surface area contributed by atoms with Crippen molar-refractivity contribution in [1.82, 2.24) is 15.6 Å². The fourth-order valence-corrected chi connectivity index (χ4v) is 2.67. The van der Waals surface area contributed by atoms with Crippen molar-refractivity contribution in [2.24, 2.45) is 0 Å². The molecule has 0 saturated carbocycles. The van der Waals surface area contributed by atoms with Crippen LogP contribution < -0.4 is 10.6 Å². The highest BCUT2D eigenvalue weighted by Crippen LogP contribution is 2.19. The van der Waals surface area contributed by atoms with Gasteiger partial charge in [-0.3, -0.25) is 4.79 Å². The zero-order chi connectivity index (χ0) is 13.2. The Labute approximate surface area is 112 Å². The van der Waals surface area contributed by atoms with E-state index in [0.717, 1.165) is 36.8 Å². The normalized spacial score (nSPS) is 19.5. The molecule has 1 aromatic carbocycles. The summed E-state index contributed by atoms with van der Waals surface area (Å²) in [5, 5.41) is 7.51. The lowest BCUT2D eigenvalue weighted by Crippen LogP contribution is -2.45. The van der Waals surface area contributed by atoms with E-state index in [-0.39, 0.29) is 11.9 Å². The largest absolute Gasteiger partial charge is 0.351 e. The number of carbonyl (C=O) groups is 1. The monoisotopic (exact) mass is 257 g/mol. The molecule has 1 atom stereocenters. The van der Waals surface area contributed by atoms with Gasteiger partial charge in [0.25, 0.3) is 5.91 Å². The molecule has 1 aliphatic rings. The van der Waals surface area contributed by atoms with Gasteiger partial charge in [-0.05, 0) is 44.0 Å². The standard InChI is InChI=1S/C15H19N3O/c1-10-4-2-6-13-12(10)8-14(18-13)15(19)17-11-5-3-7-16-9-11/h2,4,6,8,11,16,18H,3,5,7,9H2,1H3,(H,17,19)/t11-/m1/s1. The number of carbonyl (C=O) groups excluding carboxylic acids is 1. The van der Waals surface area contributed by atoms with Gasteiger partial charge in [0.15, 0.2) is 0 Å². The van der Waals surface area contributed by atoms with Gasteiger partial charge in [0.1, 0.15) is 5.69 Å². The van der Waals surface area contributed by atoms with Gasteiger partial charge < -0.3 is 15.6 Å². The highest BCUT2D eigenvalue weighted by Gasteiger charge is 2.17. The molecular formula is C15H19N3O. The molecule has 1 aromatic heterocycles. The Hall–Kier alpha value is -1.81. The van der Waals surface area contributed by atoms with Crippen LogP contribution in [0.3, 0.4) is 0 Å². The summed E-state index contributed by atoms with van der Waals surface area (Å²) in [6.45, 7) is 3.98. The number of aromatic nitrogens is 1. The number of H-pyrrole nitrogens is 1. The minimum atomic E-state index is -0.00991. The van der Waals surface area contributed by atoms with Crippen molar-refractivity contribution in [1.29, 1.82) is 0 Å². The van der Waals surface area contributed by atoms with Crippen LogP contribution in [0, 0.1) is 6.92 Å². The number of piperidine rings is 1. The second kappa shape index (κ2) is 5.05. The summed E-state index contributed by atoms with van der Waals surface area (Å²) < 4.78 is 0. The van der Waals surface area contributed by atoms with E-state index < -0.39 is 0 Å². The van der Waals surface area contributed by atoms with E-state index in [1.807, 2.05) is 18.2 Å². The van der Waals surface area contributed by atoms with Crippen molar-refractivity contribution in [3.05, 3.63) is 35.5 Å². The molecule has 0 aliphatic carbocycles. The lowest BCUT2D eigenvalue weighted by Gasteiger charge is -2.23. The lowest BCUT2D eigenvalue weighted by atomic mass is 10.1. The first kappa shape index (κ1) is 12.2. The second-order valence-electron chi connectivity index (χ2n) is 5.24. The molecule has 1 saturated heterocycles. The Morgan fingerprint density at radius 2 is 2.32 bits per heavy atom. The van der Waals surface area contributed by atoms with Crippen LogP contribution in [0.25, 0.3) is 10.9 Å². The van der Waals surface area contributed by atoms with Gasteiger partial charge in [-0.25, -0.2) is 0 Å². The Kier molecular flexibility index (Phi) is 3.25. The van der Waals surface area contributed by atoms with Crippen molar-refractivity contribution in [3.8, 4) is 0 Å². The van der Waals surface area contributed by atoms with Crippen LogP contribution in [0.5, 0.6) is 0 Å². The summed E-state index contributed by atoms with van der Waals surface area (Å²) in [7, 11) is 0. The van der Waals surface area contributed by atoms with Crippen LogP contribution in [0.15, 0.2) is 24.3 Å². The zero-order valence-electron chi connectivity index (χ0n) is 11.1. The first-order valence-electron chi connectivity index (χ1n) is 6.84. The molecule has 100 valence electrons. The Morgan fingerprint density at radius 1 is 1.42 bits per heavy atom. The van der Waals surface area contributed by atoms with Crippen molar-refractivity contribution in [2.45, 2.75) is 25.8 Å². The summed E-state index contributed by atoms with van der Waals surface area (Å²) in [6.07, 6.45) is 2.18. The average molecular weight is 257 g/mol. The highest BCUT2D eigenvalue weighted by molar-refractivity contribution is 5.98. The smallest absolute Gasteiger partial charge is 0.267 e. The molecule has 1 amide bonds. The van der Waals surface area contributed by atoms with Crippen LogP contribution in [-0.4, -0.2) is 30.0 Å². The van der Waals surface area contributed by atoms with Crippen molar-refractivity contribution in [2.75, 3.05) is 13.1 Å². The van der Waals surface area contributed by atoms with Crippen molar-refractivity contribution >= 4 is 16.8 Å². The Morgan fingerprint density at radius 3 is 3.05 bits per heavy atom. The SMILES string of the molecule is Cc1cccc2[nH]c(C(=O)N[C@@H]3CCCNC3)cc12. The van der Waals surface area contributed by atoms with Crippen LogP contribution in [-0.2, 0) is 0 Å². The minimum absolute atomic E-state index is 0.00991. The fourth-order valence-electron chi connectivity index (χ4n) is 2.67. The number of amides is 1. The summed E-state index contributed by atoms with van der Waals surface area (Å²) in [6, 6.07) is 8.25. The molecule has 1 fully saturated rings. The van der Waals surface area contributed by atoms with E-state index in [0.29, 0.717) is 5.69 Å². The van der Waals surface area contributed by atoms with Gasteiger partial charge in [-0.15, -0.1) is 0 Å². The summed E-state index contributed by atoms with van der Waals surface area (Å²) in [5.74, 6) is -0.00991. The molecule has 3 rings (SSSR count). The maximum Gasteiger partial charge on any atom is 0.267 e. The zero-order valence-corrected chi connectivity index (χ0v) is 11.1. The third-order valence-corrected chi connectivity index (χ3v) is 3.76. The molecule has 3 N–H and O–H groups in total. The van der Waals surface area contributed by atoms with Crippen molar-refractivity contribution < 1.29 is 4.79 Å². The van der Waals surface area contributed by atoms with Crippen LogP contribution in [0.2, 0.25) is 0 Å². The van der Waals surface area contributed by atoms with E-state index in [1.54, 1.807) is 0 Å². The van der Waals surface area contributed by atoms with E-state index in [9.17, 15) is 4.79 Å². The molecule has 2 aromatic rings. The first-order chi connectivity index (χ1) is 9.24. The third-order valence-electron chi connectivity index (χ3n) is 3.76. The van der Waals surface area contributed by atoms with Gasteiger partial charge in [-0.2, -0.15) is 0 Å². The number of nitrogens with one attached hydrogen (secondary N) is 3. The molecule has 19 heavy (non-hydrogen) atoms. The highest BCUT2D eigenvalue weighted by atomic mass is 16.1. The van der Waals surface area contributed by atoms with E-state index in [1.165, 1.54) is 5.56 Å². The quantitative estimate of drug-likeness (QED) is 0.770. The van der Waals surface area contributed by atoms with Gasteiger partial charge >= 0.3 is 0 Å². The molecule has 0 unspecified atom stereocenters. The number of benzene rings is 1. The Bertz CT molecular complexity index is 596. The average Bonchev–Trinajstić information content (AvgIpc) is 2.85.